The lowest BCUT2D eigenvalue weighted by Gasteiger charge is -2.09. The van der Waals surface area contributed by atoms with Gasteiger partial charge in [-0.3, -0.25) is 4.79 Å². The summed E-state index contributed by atoms with van der Waals surface area (Å²) in [6.07, 6.45) is 1.54. The van der Waals surface area contributed by atoms with Gasteiger partial charge in [0.25, 0.3) is 9.05 Å². The van der Waals surface area contributed by atoms with Gasteiger partial charge in [-0.15, -0.1) is 0 Å². The van der Waals surface area contributed by atoms with E-state index in [-0.39, 0.29) is 10.8 Å². The summed E-state index contributed by atoms with van der Waals surface area (Å²) in [4.78, 5) is 11.0. The van der Waals surface area contributed by atoms with Crippen LogP contribution in [0.2, 0.25) is 0 Å². The summed E-state index contributed by atoms with van der Waals surface area (Å²) in [6, 6.07) is 10.6. The zero-order valence-corrected chi connectivity index (χ0v) is 13.2. The molecule has 0 aliphatic carbocycles. The second-order valence-electron chi connectivity index (χ2n) is 4.79. The molecule has 1 amide bonds. The molecule has 0 heterocycles. The lowest BCUT2D eigenvalue weighted by Crippen LogP contribution is -2.21. The number of carbonyl (C=O) groups is 1. The lowest BCUT2D eigenvalue weighted by atomic mass is 10.0. The molecule has 21 heavy (non-hydrogen) atoms. The first-order valence-electron chi connectivity index (χ1n) is 6.59. The Morgan fingerprint density at radius 2 is 1.81 bits per heavy atom. The van der Waals surface area contributed by atoms with Crippen molar-refractivity contribution in [1.82, 2.24) is 5.32 Å². The van der Waals surface area contributed by atoms with Crippen molar-refractivity contribution in [3.8, 4) is 0 Å². The van der Waals surface area contributed by atoms with E-state index in [0.717, 1.165) is 23.8 Å². The molecule has 0 radical (unpaired) electrons. The first-order valence-corrected chi connectivity index (χ1v) is 8.90. The van der Waals surface area contributed by atoms with Gasteiger partial charge in [-0.05, 0) is 29.9 Å². The normalized spacial score (nSPS) is 11.5. The van der Waals surface area contributed by atoms with E-state index >= 15 is 0 Å². The highest BCUT2D eigenvalue weighted by molar-refractivity contribution is 8.14. The fourth-order valence-electron chi connectivity index (χ4n) is 2.32. The van der Waals surface area contributed by atoms with Gasteiger partial charge in [0.05, 0.1) is 4.90 Å². The van der Waals surface area contributed by atoms with Gasteiger partial charge in [0.2, 0.25) is 5.91 Å². The molecule has 0 bridgehead atoms. The first-order chi connectivity index (χ1) is 9.89. The van der Waals surface area contributed by atoms with Crippen molar-refractivity contribution in [2.45, 2.75) is 24.7 Å². The number of fused-ring (bicyclic) bond motifs is 1. The number of nitrogens with one attached hydrogen (secondary N) is 1. The van der Waals surface area contributed by atoms with Crippen LogP contribution in [-0.4, -0.2) is 20.9 Å². The number of halogens is 1. The van der Waals surface area contributed by atoms with Gasteiger partial charge in [-0.2, -0.15) is 0 Å². The summed E-state index contributed by atoms with van der Waals surface area (Å²) < 4.78 is 23.2. The maximum absolute atomic E-state index is 11.6. The summed E-state index contributed by atoms with van der Waals surface area (Å²) >= 11 is 0. The standard InChI is InChI=1S/C15H16ClNO3S/c1-11(18)17-10-4-6-12-5-2-8-14-13(12)7-3-9-15(14)21(16,19)20/h2-3,5,7-9H,4,6,10H2,1H3,(H,17,18). The van der Waals surface area contributed by atoms with Crippen LogP contribution in [0.5, 0.6) is 0 Å². The van der Waals surface area contributed by atoms with E-state index in [1.54, 1.807) is 12.1 Å². The molecule has 2 aromatic rings. The Morgan fingerprint density at radius 3 is 2.48 bits per heavy atom. The van der Waals surface area contributed by atoms with Gasteiger partial charge >= 0.3 is 0 Å². The Bertz CT molecular complexity index is 772. The molecule has 6 heteroatoms. The average molecular weight is 326 g/mol. The fourth-order valence-corrected chi connectivity index (χ4v) is 3.41. The van der Waals surface area contributed by atoms with E-state index < -0.39 is 9.05 Å². The minimum absolute atomic E-state index is 0.0524. The Morgan fingerprint density at radius 1 is 1.14 bits per heavy atom. The molecule has 0 aliphatic rings. The smallest absolute Gasteiger partial charge is 0.261 e. The van der Waals surface area contributed by atoms with Crippen molar-refractivity contribution in [3.63, 3.8) is 0 Å². The molecule has 1 N–H and O–H groups in total. The summed E-state index contributed by atoms with van der Waals surface area (Å²) in [7, 11) is 1.71. The van der Waals surface area contributed by atoms with Crippen molar-refractivity contribution >= 4 is 36.4 Å². The fraction of sp³-hybridized carbons (Fsp3) is 0.267. The zero-order chi connectivity index (χ0) is 15.5. The Hall–Kier alpha value is -1.59. The van der Waals surface area contributed by atoms with Crippen molar-refractivity contribution in [1.29, 1.82) is 0 Å². The average Bonchev–Trinajstić information content (AvgIpc) is 2.41. The topological polar surface area (TPSA) is 63.2 Å². The Kier molecular flexibility index (Phi) is 4.85. The second-order valence-corrected chi connectivity index (χ2v) is 7.33. The van der Waals surface area contributed by atoms with Crippen molar-refractivity contribution in [2.24, 2.45) is 0 Å². The molecule has 4 nitrogen and oxygen atoms in total. The predicted molar refractivity (Wildman–Crippen MR) is 84.0 cm³/mol. The van der Waals surface area contributed by atoms with E-state index in [4.69, 9.17) is 10.7 Å². The maximum Gasteiger partial charge on any atom is 0.261 e. The van der Waals surface area contributed by atoms with E-state index in [0.29, 0.717) is 11.9 Å². The highest BCUT2D eigenvalue weighted by Gasteiger charge is 2.14. The molecule has 0 spiro atoms. The third-order valence-electron chi connectivity index (χ3n) is 3.23. The Labute approximate surface area is 128 Å². The van der Waals surface area contributed by atoms with Crippen LogP contribution >= 0.6 is 10.7 Å². The molecule has 2 rings (SSSR count). The maximum atomic E-state index is 11.6. The molecule has 0 aliphatic heterocycles. The van der Waals surface area contributed by atoms with E-state index in [1.807, 2.05) is 18.2 Å². The van der Waals surface area contributed by atoms with E-state index in [1.165, 1.54) is 13.0 Å². The van der Waals surface area contributed by atoms with Crippen LogP contribution in [0.15, 0.2) is 41.3 Å². The van der Waals surface area contributed by atoms with Crippen LogP contribution in [0, 0.1) is 0 Å². The van der Waals surface area contributed by atoms with Gasteiger partial charge in [-0.1, -0.05) is 30.3 Å². The predicted octanol–water partition coefficient (Wildman–Crippen LogP) is 2.84. The van der Waals surface area contributed by atoms with Gasteiger partial charge in [0.15, 0.2) is 0 Å². The lowest BCUT2D eigenvalue weighted by molar-refractivity contribution is -0.118. The number of rotatable bonds is 5. The minimum atomic E-state index is -3.77. The highest BCUT2D eigenvalue weighted by atomic mass is 35.7. The van der Waals surface area contributed by atoms with Gasteiger partial charge < -0.3 is 5.32 Å². The highest BCUT2D eigenvalue weighted by Crippen LogP contribution is 2.28. The van der Waals surface area contributed by atoms with Crippen LogP contribution in [-0.2, 0) is 20.3 Å². The Balaban J connectivity index is 2.32. The van der Waals surface area contributed by atoms with E-state index in [9.17, 15) is 13.2 Å². The van der Waals surface area contributed by atoms with E-state index in [2.05, 4.69) is 5.32 Å². The third-order valence-corrected chi connectivity index (χ3v) is 4.61. The van der Waals surface area contributed by atoms with Crippen LogP contribution in [0.25, 0.3) is 10.8 Å². The van der Waals surface area contributed by atoms with Crippen molar-refractivity contribution in [3.05, 3.63) is 42.0 Å². The van der Waals surface area contributed by atoms with Crippen LogP contribution in [0.1, 0.15) is 18.9 Å². The molecule has 0 aromatic heterocycles. The molecular weight excluding hydrogens is 310 g/mol. The number of hydrogen-bond donors (Lipinski definition) is 1. The van der Waals surface area contributed by atoms with Crippen LogP contribution in [0.4, 0.5) is 0 Å². The number of hydrogen-bond acceptors (Lipinski definition) is 3. The van der Waals surface area contributed by atoms with Crippen LogP contribution in [0.3, 0.4) is 0 Å². The minimum Gasteiger partial charge on any atom is -0.356 e. The quantitative estimate of drug-likeness (QED) is 0.679. The summed E-state index contributed by atoms with van der Waals surface area (Å²) in [5.41, 5.74) is 1.04. The van der Waals surface area contributed by atoms with Gasteiger partial charge in [-0.25, -0.2) is 8.42 Å². The SMILES string of the molecule is CC(=O)NCCCc1cccc2c(S(=O)(=O)Cl)cccc12. The van der Waals surface area contributed by atoms with Crippen LogP contribution < -0.4 is 5.32 Å². The third kappa shape index (κ3) is 3.95. The van der Waals surface area contributed by atoms with Crippen molar-refractivity contribution < 1.29 is 13.2 Å². The molecule has 112 valence electrons. The largest absolute Gasteiger partial charge is 0.356 e. The molecule has 0 saturated carbocycles. The number of amides is 1. The number of benzene rings is 2. The molecule has 0 unspecified atom stereocenters. The molecule has 0 saturated heterocycles. The number of carbonyl (C=O) groups excluding carboxylic acids is 1. The number of aryl methyl sites for hydroxylation is 1. The summed E-state index contributed by atoms with van der Waals surface area (Å²) in [5.74, 6) is -0.0524. The summed E-state index contributed by atoms with van der Waals surface area (Å²) in [6.45, 7) is 2.08. The second kappa shape index (κ2) is 6.45. The van der Waals surface area contributed by atoms with Gasteiger partial charge in [0.1, 0.15) is 0 Å². The molecular formula is C15H16ClNO3S. The molecule has 0 fully saturated rings. The van der Waals surface area contributed by atoms with Gasteiger partial charge in [0, 0.05) is 29.5 Å². The molecule has 2 aromatic carbocycles. The first kappa shape index (κ1) is 15.8. The molecule has 0 atom stereocenters. The zero-order valence-electron chi connectivity index (χ0n) is 11.6. The van der Waals surface area contributed by atoms with Crippen molar-refractivity contribution in [2.75, 3.05) is 6.54 Å². The summed E-state index contributed by atoms with van der Waals surface area (Å²) in [5, 5.41) is 4.25. The monoisotopic (exact) mass is 325 g/mol.